The van der Waals surface area contributed by atoms with Gasteiger partial charge in [0.05, 0.1) is 6.54 Å². The predicted molar refractivity (Wildman–Crippen MR) is 77.0 cm³/mol. The van der Waals surface area contributed by atoms with Crippen molar-refractivity contribution in [3.05, 3.63) is 0 Å². The van der Waals surface area contributed by atoms with E-state index in [0.717, 1.165) is 31.5 Å². The molecule has 0 spiro atoms. The quantitative estimate of drug-likeness (QED) is 0.798. The van der Waals surface area contributed by atoms with Crippen LogP contribution in [0.15, 0.2) is 4.99 Å². The van der Waals surface area contributed by atoms with Crippen molar-refractivity contribution in [2.75, 3.05) is 32.7 Å². The van der Waals surface area contributed by atoms with Crippen molar-refractivity contribution < 1.29 is 0 Å². The minimum atomic E-state index is 0.178. The van der Waals surface area contributed by atoms with E-state index in [1.807, 2.05) is 0 Å². The highest BCUT2D eigenvalue weighted by Crippen LogP contribution is 2.17. The minimum Gasteiger partial charge on any atom is -0.356 e. The Hall–Kier alpha value is -0.770. The van der Waals surface area contributed by atoms with Crippen molar-refractivity contribution in [3.63, 3.8) is 0 Å². The fourth-order valence-electron chi connectivity index (χ4n) is 2.81. The van der Waals surface area contributed by atoms with E-state index in [4.69, 9.17) is 0 Å². The monoisotopic (exact) mass is 252 g/mol. The summed E-state index contributed by atoms with van der Waals surface area (Å²) in [6.07, 6.45) is 3.94. The highest BCUT2D eigenvalue weighted by molar-refractivity contribution is 5.82. The van der Waals surface area contributed by atoms with Gasteiger partial charge in [-0.1, -0.05) is 0 Å². The van der Waals surface area contributed by atoms with E-state index in [0.29, 0.717) is 0 Å². The molecular formula is C14H28N4. The molecule has 104 valence electrons. The van der Waals surface area contributed by atoms with Gasteiger partial charge in [0.1, 0.15) is 0 Å². The summed E-state index contributed by atoms with van der Waals surface area (Å²) in [6.45, 7) is 12.2. The van der Waals surface area contributed by atoms with Crippen molar-refractivity contribution in [1.29, 1.82) is 0 Å². The second-order valence-electron chi connectivity index (χ2n) is 6.44. The van der Waals surface area contributed by atoms with E-state index in [1.165, 1.54) is 32.4 Å². The summed E-state index contributed by atoms with van der Waals surface area (Å²) in [4.78, 5) is 6.97. The fourth-order valence-corrected chi connectivity index (χ4v) is 2.81. The Kier molecular flexibility index (Phi) is 4.49. The van der Waals surface area contributed by atoms with Gasteiger partial charge in [-0.3, -0.25) is 4.99 Å². The van der Waals surface area contributed by atoms with Gasteiger partial charge in [0.15, 0.2) is 5.96 Å². The Morgan fingerprint density at radius 1 is 1.33 bits per heavy atom. The normalized spacial score (nSPS) is 22.2. The first-order chi connectivity index (χ1) is 8.57. The van der Waals surface area contributed by atoms with Crippen molar-refractivity contribution >= 4 is 5.96 Å². The second-order valence-corrected chi connectivity index (χ2v) is 6.44. The molecule has 0 unspecified atom stereocenters. The largest absolute Gasteiger partial charge is 0.356 e. The lowest BCUT2D eigenvalue weighted by atomic mass is 9.95. The molecule has 18 heavy (non-hydrogen) atoms. The van der Waals surface area contributed by atoms with Crippen LogP contribution in [0.1, 0.15) is 40.0 Å². The number of guanidine groups is 1. The van der Waals surface area contributed by atoms with Crippen molar-refractivity contribution in [2.45, 2.75) is 45.6 Å². The van der Waals surface area contributed by atoms with E-state index in [-0.39, 0.29) is 5.54 Å². The standard InChI is InChI=1S/C14H28N4/c1-14(2,3)18-11-10-17-13(18)16-9-6-12-4-7-15-8-5-12/h12,15H,4-11H2,1-3H3,(H,16,17). The molecule has 1 fully saturated rings. The first-order valence-electron chi connectivity index (χ1n) is 7.34. The summed E-state index contributed by atoms with van der Waals surface area (Å²) < 4.78 is 0. The van der Waals surface area contributed by atoms with Gasteiger partial charge < -0.3 is 15.5 Å². The van der Waals surface area contributed by atoms with Gasteiger partial charge in [-0.05, 0) is 59.0 Å². The average molecular weight is 252 g/mol. The van der Waals surface area contributed by atoms with Gasteiger partial charge in [-0.15, -0.1) is 0 Å². The second kappa shape index (κ2) is 5.91. The summed E-state index contributed by atoms with van der Waals surface area (Å²) >= 11 is 0. The Labute approximate surface area is 111 Å². The predicted octanol–water partition coefficient (Wildman–Crippen LogP) is 1.44. The van der Waals surface area contributed by atoms with Gasteiger partial charge >= 0.3 is 0 Å². The lowest BCUT2D eigenvalue weighted by Crippen LogP contribution is -2.49. The molecule has 0 aliphatic carbocycles. The third-order valence-electron chi connectivity index (χ3n) is 3.95. The summed E-state index contributed by atoms with van der Waals surface area (Å²) in [5.74, 6) is 2.00. The van der Waals surface area contributed by atoms with Crippen LogP contribution in [0, 0.1) is 5.92 Å². The molecular weight excluding hydrogens is 224 g/mol. The van der Waals surface area contributed by atoms with Gasteiger partial charge in [0.2, 0.25) is 0 Å². The van der Waals surface area contributed by atoms with E-state index < -0.39 is 0 Å². The van der Waals surface area contributed by atoms with E-state index in [9.17, 15) is 0 Å². The molecule has 4 nitrogen and oxygen atoms in total. The smallest absolute Gasteiger partial charge is 0.194 e. The van der Waals surface area contributed by atoms with Crippen LogP contribution in [0.3, 0.4) is 0 Å². The Morgan fingerprint density at radius 3 is 2.72 bits per heavy atom. The van der Waals surface area contributed by atoms with Crippen LogP contribution in [0.5, 0.6) is 0 Å². The molecule has 0 bridgehead atoms. The van der Waals surface area contributed by atoms with E-state index >= 15 is 0 Å². The molecule has 2 aliphatic heterocycles. The Bertz CT molecular complexity index is 287. The number of aliphatic imine (C=N–C) groups is 1. The number of nitrogens with one attached hydrogen (secondary N) is 2. The maximum Gasteiger partial charge on any atom is 0.194 e. The van der Waals surface area contributed by atoms with Crippen LogP contribution < -0.4 is 10.6 Å². The number of hydrogen-bond donors (Lipinski definition) is 2. The molecule has 1 saturated heterocycles. The number of piperidine rings is 1. The molecule has 0 atom stereocenters. The molecule has 0 saturated carbocycles. The highest BCUT2D eigenvalue weighted by atomic mass is 15.4. The van der Waals surface area contributed by atoms with Crippen LogP contribution in [-0.4, -0.2) is 49.1 Å². The van der Waals surface area contributed by atoms with Gasteiger partial charge in [-0.25, -0.2) is 0 Å². The molecule has 2 heterocycles. The molecule has 4 heteroatoms. The van der Waals surface area contributed by atoms with E-state index in [2.05, 4.69) is 41.3 Å². The zero-order chi connectivity index (χ0) is 13.0. The van der Waals surface area contributed by atoms with Crippen LogP contribution in [0.4, 0.5) is 0 Å². The van der Waals surface area contributed by atoms with Gasteiger partial charge in [-0.2, -0.15) is 0 Å². The molecule has 0 aromatic carbocycles. The molecule has 2 aliphatic rings. The third-order valence-corrected chi connectivity index (χ3v) is 3.95. The van der Waals surface area contributed by atoms with Crippen LogP contribution in [-0.2, 0) is 0 Å². The molecule has 0 aromatic rings. The van der Waals surface area contributed by atoms with Crippen molar-refractivity contribution in [1.82, 2.24) is 15.5 Å². The van der Waals surface area contributed by atoms with Crippen molar-refractivity contribution in [3.8, 4) is 0 Å². The first kappa shape index (κ1) is 13.7. The molecule has 0 amide bonds. The lowest BCUT2D eigenvalue weighted by molar-refractivity contribution is 0.249. The Morgan fingerprint density at radius 2 is 2.06 bits per heavy atom. The topological polar surface area (TPSA) is 39.7 Å². The lowest BCUT2D eigenvalue weighted by Gasteiger charge is -2.34. The number of nitrogens with zero attached hydrogens (tertiary/aromatic N) is 2. The zero-order valence-electron chi connectivity index (χ0n) is 12.1. The zero-order valence-corrected chi connectivity index (χ0v) is 12.1. The maximum atomic E-state index is 4.59. The third kappa shape index (κ3) is 3.61. The number of hydrogen-bond acceptors (Lipinski definition) is 4. The summed E-state index contributed by atoms with van der Waals surface area (Å²) in [5, 5.41) is 6.96. The Balaban J connectivity index is 1.72. The summed E-state index contributed by atoms with van der Waals surface area (Å²) in [5.41, 5.74) is 0.178. The van der Waals surface area contributed by atoms with Crippen LogP contribution in [0.2, 0.25) is 0 Å². The van der Waals surface area contributed by atoms with Gasteiger partial charge in [0.25, 0.3) is 0 Å². The number of rotatable bonds is 3. The first-order valence-corrected chi connectivity index (χ1v) is 7.34. The molecule has 0 aromatic heterocycles. The minimum absolute atomic E-state index is 0.178. The molecule has 0 radical (unpaired) electrons. The molecule has 2 N–H and O–H groups in total. The van der Waals surface area contributed by atoms with Gasteiger partial charge in [0, 0.05) is 18.6 Å². The van der Waals surface area contributed by atoms with Crippen LogP contribution >= 0.6 is 0 Å². The van der Waals surface area contributed by atoms with E-state index in [1.54, 1.807) is 0 Å². The SMILES string of the molecule is CC(C)(C)N1CCN=C1NCCC1CCNCC1. The maximum absolute atomic E-state index is 4.59. The van der Waals surface area contributed by atoms with Crippen molar-refractivity contribution in [2.24, 2.45) is 10.9 Å². The summed E-state index contributed by atoms with van der Waals surface area (Å²) in [7, 11) is 0. The van der Waals surface area contributed by atoms with Crippen LogP contribution in [0.25, 0.3) is 0 Å². The average Bonchev–Trinajstić information content (AvgIpc) is 2.78. The highest BCUT2D eigenvalue weighted by Gasteiger charge is 2.27. The fraction of sp³-hybridized carbons (Fsp3) is 0.929. The molecule has 2 rings (SSSR count). The summed E-state index contributed by atoms with van der Waals surface area (Å²) in [6, 6.07) is 0.